The minimum atomic E-state index is -0.517. The third-order valence-electron chi connectivity index (χ3n) is 3.74. The molecule has 0 saturated carbocycles. The molecule has 0 bridgehead atoms. The Morgan fingerprint density at radius 3 is 1.91 bits per heavy atom. The molecule has 0 aliphatic carbocycles. The summed E-state index contributed by atoms with van der Waals surface area (Å²) in [7, 11) is 0. The first-order chi connectivity index (χ1) is 11.3. The summed E-state index contributed by atoms with van der Waals surface area (Å²) in [6.45, 7) is 5.89. The fourth-order valence-corrected chi connectivity index (χ4v) is 2.29. The van der Waals surface area contributed by atoms with E-state index in [1.54, 1.807) is 0 Å². The molecule has 0 heterocycles. The van der Waals surface area contributed by atoms with Gasteiger partial charge >= 0.3 is 6.16 Å². The Labute approximate surface area is 142 Å². The number of ether oxygens (including phenoxy) is 2. The van der Waals surface area contributed by atoms with Crippen LogP contribution in [0.4, 0.5) is 4.79 Å². The van der Waals surface area contributed by atoms with Crippen LogP contribution in [0, 0.1) is 0 Å². The zero-order valence-corrected chi connectivity index (χ0v) is 15.1. The molecular weight excluding hydrogens is 292 g/mol. The van der Waals surface area contributed by atoms with Gasteiger partial charge in [0.05, 0.1) is 13.2 Å². The van der Waals surface area contributed by atoms with Crippen molar-refractivity contribution in [1.82, 2.24) is 5.32 Å². The van der Waals surface area contributed by atoms with Crippen LogP contribution in [0.5, 0.6) is 0 Å². The standard InChI is InChI=1S/C18H38N2O3/c1-2-3-4-5-6-7-10-16-22-18(21)23-17-11-8-9-14-20-15-12-13-19/h20H,2-17,19H2,1H3. The van der Waals surface area contributed by atoms with Crippen molar-refractivity contribution in [3.63, 3.8) is 0 Å². The van der Waals surface area contributed by atoms with Gasteiger partial charge in [-0.2, -0.15) is 0 Å². The van der Waals surface area contributed by atoms with Crippen LogP contribution in [0.15, 0.2) is 0 Å². The highest BCUT2D eigenvalue weighted by atomic mass is 16.7. The van der Waals surface area contributed by atoms with E-state index in [0.29, 0.717) is 13.2 Å². The van der Waals surface area contributed by atoms with Crippen LogP contribution < -0.4 is 11.1 Å². The summed E-state index contributed by atoms with van der Waals surface area (Å²) in [6, 6.07) is 0. The molecule has 0 fully saturated rings. The Morgan fingerprint density at radius 1 is 0.783 bits per heavy atom. The summed E-state index contributed by atoms with van der Waals surface area (Å²) >= 11 is 0. The molecule has 0 aromatic heterocycles. The molecule has 0 saturated heterocycles. The van der Waals surface area contributed by atoms with Crippen molar-refractivity contribution in [3.8, 4) is 0 Å². The number of rotatable bonds is 17. The number of nitrogens with two attached hydrogens (primary N) is 1. The van der Waals surface area contributed by atoms with Gasteiger partial charge in [0.2, 0.25) is 0 Å². The van der Waals surface area contributed by atoms with Gasteiger partial charge in [0.1, 0.15) is 0 Å². The lowest BCUT2D eigenvalue weighted by Gasteiger charge is -2.07. The first kappa shape index (κ1) is 22.2. The lowest BCUT2D eigenvalue weighted by atomic mass is 10.1. The number of unbranched alkanes of at least 4 members (excludes halogenated alkanes) is 8. The smallest absolute Gasteiger partial charge is 0.434 e. The van der Waals surface area contributed by atoms with Gasteiger partial charge in [-0.25, -0.2) is 4.79 Å². The molecule has 0 atom stereocenters. The lowest BCUT2D eigenvalue weighted by molar-refractivity contribution is 0.0529. The Kier molecular flexibility index (Phi) is 18.6. The van der Waals surface area contributed by atoms with Gasteiger partial charge in [-0.05, 0) is 51.7 Å². The zero-order chi connectivity index (χ0) is 17.0. The van der Waals surface area contributed by atoms with Gasteiger partial charge in [-0.3, -0.25) is 0 Å². The highest BCUT2D eigenvalue weighted by Gasteiger charge is 2.02. The first-order valence-corrected chi connectivity index (χ1v) is 9.51. The molecule has 5 heteroatoms. The second-order valence-corrected chi connectivity index (χ2v) is 6.02. The normalized spacial score (nSPS) is 10.7. The van der Waals surface area contributed by atoms with Crippen LogP contribution in [0.3, 0.4) is 0 Å². The molecule has 0 rings (SSSR count). The van der Waals surface area contributed by atoms with Gasteiger partial charge in [0.15, 0.2) is 0 Å². The van der Waals surface area contributed by atoms with E-state index in [4.69, 9.17) is 15.2 Å². The number of nitrogens with one attached hydrogen (secondary N) is 1. The van der Waals surface area contributed by atoms with Crippen molar-refractivity contribution >= 4 is 6.16 Å². The Morgan fingerprint density at radius 2 is 1.30 bits per heavy atom. The van der Waals surface area contributed by atoms with Crippen molar-refractivity contribution in [2.24, 2.45) is 5.73 Å². The molecule has 0 aliphatic rings. The van der Waals surface area contributed by atoms with E-state index in [-0.39, 0.29) is 0 Å². The highest BCUT2D eigenvalue weighted by Crippen LogP contribution is 2.07. The largest absolute Gasteiger partial charge is 0.508 e. The highest BCUT2D eigenvalue weighted by molar-refractivity contribution is 5.59. The molecule has 138 valence electrons. The van der Waals surface area contributed by atoms with Crippen molar-refractivity contribution in [1.29, 1.82) is 0 Å². The Balaban J connectivity index is 3.13. The minimum absolute atomic E-state index is 0.457. The SMILES string of the molecule is CCCCCCCCCOC(=O)OCCCCCNCCCN. The summed E-state index contributed by atoms with van der Waals surface area (Å²) in [5.74, 6) is 0. The van der Waals surface area contributed by atoms with Crippen LogP contribution in [0.25, 0.3) is 0 Å². The molecule has 0 aliphatic heterocycles. The number of carbonyl (C=O) groups is 1. The summed E-state index contributed by atoms with van der Waals surface area (Å²) in [4.78, 5) is 11.4. The van der Waals surface area contributed by atoms with E-state index in [0.717, 1.165) is 58.2 Å². The van der Waals surface area contributed by atoms with Crippen molar-refractivity contribution in [3.05, 3.63) is 0 Å². The van der Waals surface area contributed by atoms with Crippen molar-refractivity contribution in [2.45, 2.75) is 77.6 Å². The molecule has 0 amide bonds. The van der Waals surface area contributed by atoms with Crippen molar-refractivity contribution < 1.29 is 14.3 Å². The number of carbonyl (C=O) groups excluding carboxylic acids is 1. The monoisotopic (exact) mass is 330 g/mol. The molecule has 0 radical (unpaired) electrons. The second kappa shape index (κ2) is 19.2. The molecular formula is C18H38N2O3. The van der Waals surface area contributed by atoms with E-state index < -0.39 is 6.16 Å². The van der Waals surface area contributed by atoms with E-state index in [2.05, 4.69) is 12.2 Å². The molecule has 0 aromatic rings. The summed E-state index contributed by atoms with van der Waals surface area (Å²) < 4.78 is 10.1. The quantitative estimate of drug-likeness (QED) is 0.311. The first-order valence-electron chi connectivity index (χ1n) is 9.51. The minimum Gasteiger partial charge on any atom is -0.434 e. The Bertz CT molecular complexity index is 250. The van der Waals surface area contributed by atoms with Gasteiger partial charge in [0.25, 0.3) is 0 Å². The molecule has 5 nitrogen and oxygen atoms in total. The molecule has 3 N–H and O–H groups in total. The Hall–Kier alpha value is -0.810. The topological polar surface area (TPSA) is 73.6 Å². The van der Waals surface area contributed by atoms with E-state index in [1.165, 1.54) is 32.1 Å². The fourth-order valence-electron chi connectivity index (χ4n) is 2.29. The zero-order valence-electron chi connectivity index (χ0n) is 15.1. The van der Waals surface area contributed by atoms with Crippen LogP contribution in [-0.4, -0.2) is 39.0 Å². The van der Waals surface area contributed by atoms with Crippen LogP contribution in [0.2, 0.25) is 0 Å². The van der Waals surface area contributed by atoms with Crippen molar-refractivity contribution in [2.75, 3.05) is 32.8 Å². The van der Waals surface area contributed by atoms with E-state index >= 15 is 0 Å². The van der Waals surface area contributed by atoms with E-state index in [1.807, 2.05) is 0 Å². The number of hydrogen-bond donors (Lipinski definition) is 2. The molecule has 0 aromatic carbocycles. The van der Waals surface area contributed by atoms with Gasteiger partial charge in [-0.1, -0.05) is 45.4 Å². The summed E-state index contributed by atoms with van der Waals surface area (Å²) in [5, 5.41) is 3.33. The maximum Gasteiger partial charge on any atom is 0.508 e. The summed E-state index contributed by atoms with van der Waals surface area (Å²) in [5.41, 5.74) is 5.41. The molecule has 23 heavy (non-hydrogen) atoms. The third kappa shape index (κ3) is 19.1. The maximum absolute atomic E-state index is 11.4. The fraction of sp³-hybridized carbons (Fsp3) is 0.944. The van der Waals surface area contributed by atoms with Gasteiger partial charge < -0.3 is 20.5 Å². The van der Waals surface area contributed by atoms with E-state index in [9.17, 15) is 4.79 Å². The second-order valence-electron chi connectivity index (χ2n) is 6.02. The predicted molar refractivity (Wildman–Crippen MR) is 95.7 cm³/mol. The van der Waals surface area contributed by atoms with Gasteiger partial charge in [0, 0.05) is 0 Å². The average molecular weight is 331 g/mol. The molecule has 0 spiro atoms. The maximum atomic E-state index is 11.4. The summed E-state index contributed by atoms with van der Waals surface area (Å²) in [6.07, 6.45) is 12.1. The average Bonchev–Trinajstić information content (AvgIpc) is 2.56. The van der Waals surface area contributed by atoms with Crippen LogP contribution >= 0.6 is 0 Å². The number of hydrogen-bond acceptors (Lipinski definition) is 5. The molecule has 0 unspecified atom stereocenters. The van der Waals surface area contributed by atoms with Crippen LogP contribution in [-0.2, 0) is 9.47 Å². The van der Waals surface area contributed by atoms with Crippen LogP contribution in [0.1, 0.15) is 77.6 Å². The predicted octanol–water partition coefficient (Wildman–Crippen LogP) is 4.00. The third-order valence-corrected chi connectivity index (χ3v) is 3.74. The van der Waals surface area contributed by atoms with Gasteiger partial charge in [-0.15, -0.1) is 0 Å². The lowest BCUT2D eigenvalue weighted by Crippen LogP contribution is -2.19.